The molecule has 0 saturated carbocycles. The standard InChI is InChI=1S/C14H16N2OS/c1-3-16(12-8-6-11(2)7-9-12)15-14(17)13-5-4-10-18-13/h4-10H,3H2,1-2H3,(H,15,17). The smallest absolute Gasteiger partial charge is 0.279 e. The van der Waals surface area contributed by atoms with Crippen molar-refractivity contribution < 1.29 is 4.79 Å². The molecule has 18 heavy (non-hydrogen) atoms. The number of aryl methyl sites for hydroxylation is 1. The van der Waals surface area contributed by atoms with Gasteiger partial charge in [-0.3, -0.25) is 15.2 Å². The Hall–Kier alpha value is -1.81. The van der Waals surface area contributed by atoms with Crippen molar-refractivity contribution in [2.75, 3.05) is 11.6 Å². The molecule has 0 saturated heterocycles. The number of carbonyl (C=O) groups is 1. The molecule has 94 valence electrons. The first-order chi connectivity index (χ1) is 8.70. The van der Waals surface area contributed by atoms with Crippen LogP contribution in [0.4, 0.5) is 5.69 Å². The van der Waals surface area contributed by atoms with Crippen LogP contribution in [-0.2, 0) is 0 Å². The largest absolute Gasteiger partial charge is 0.286 e. The molecule has 0 fully saturated rings. The van der Waals surface area contributed by atoms with Crippen LogP contribution in [0.15, 0.2) is 41.8 Å². The van der Waals surface area contributed by atoms with Crippen LogP contribution in [-0.4, -0.2) is 12.5 Å². The van der Waals surface area contributed by atoms with E-state index in [1.807, 2.05) is 60.6 Å². The first kappa shape index (κ1) is 12.6. The van der Waals surface area contributed by atoms with Crippen LogP contribution in [0.25, 0.3) is 0 Å². The predicted molar refractivity (Wildman–Crippen MR) is 76.0 cm³/mol. The zero-order valence-electron chi connectivity index (χ0n) is 10.5. The average Bonchev–Trinajstić information content (AvgIpc) is 2.91. The zero-order valence-corrected chi connectivity index (χ0v) is 11.3. The Morgan fingerprint density at radius 3 is 2.56 bits per heavy atom. The van der Waals surface area contributed by atoms with E-state index in [-0.39, 0.29) is 5.91 Å². The predicted octanol–water partition coefficient (Wildman–Crippen LogP) is 3.23. The summed E-state index contributed by atoms with van der Waals surface area (Å²) in [6.45, 7) is 4.78. The summed E-state index contributed by atoms with van der Waals surface area (Å²) in [5.41, 5.74) is 5.11. The Kier molecular flexibility index (Phi) is 3.99. The van der Waals surface area contributed by atoms with Crippen molar-refractivity contribution in [3.8, 4) is 0 Å². The third-order valence-corrected chi connectivity index (χ3v) is 3.51. The molecular formula is C14H16N2OS. The minimum atomic E-state index is -0.0626. The van der Waals surface area contributed by atoms with E-state index >= 15 is 0 Å². The minimum Gasteiger partial charge on any atom is -0.286 e. The van der Waals surface area contributed by atoms with Crippen LogP contribution >= 0.6 is 11.3 Å². The van der Waals surface area contributed by atoms with E-state index in [1.165, 1.54) is 16.9 Å². The summed E-state index contributed by atoms with van der Waals surface area (Å²) in [6.07, 6.45) is 0. The lowest BCUT2D eigenvalue weighted by molar-refractivity contribution is 0.0953. The summed E-state index contributed by atoms with van der Waals surface area (Å²) >= 11 is 1.44. The molecule has 1 aromatic carbocycles. The highest BCUT2D eigenvalue weighted by atomic mass is 32.1. The second kappa shape index (κ2) is 5.69. The third kappa shape index (κ3) is 2.90. The van der Waals surface area contributed by atoms with Gasteiger partial charge in [-0.2, -0.15) is 0 Å². The molecule has 2 rings (SSSR count). The monoisotopic (exact) mass is 260 g/mol. The van der Waals surface area contributed by atoms with E-state index in [4.69, 9.17) is 0 Å². The number of carbonyl (C=O) groups excluding carboxylic acids is 1. The van der Waals surface area contributed by atoms with Gasteiger partial charge in [0.2, 0.25) is 0 Å². The number of benzene rings is 1. The highest BCUT2D eigenvalue weighted by Crippen LogP contribution is 2.14. The highest BCUT2D eigenvalue weighted by Gasteiger charge is 2.11. The maximum Gasteiger partial charge on any atom is 0.279 e. The fraction of sp³-hybridized carbons (Fsp3) is 0.214. The molecule has 1 heterocycles. The molecule has 2 aromatic rings. The zero-order chi connectivity index (χ0) is 13.0. The molecule has 0 aliphatic rings. The number of hydrogen-bond donors (Lipinski definition) is 1. The Balaban J connectivity index is 2.10. The van der Waals surface area contributed by atoms with Crippen molar-refractivity contribution in [3.63, 3.8) is 0 Å². The maximum absolute atomic E-state index is 12.0. The van der Waals surface area contributed by atoms with E-state index in [9.17, 15) is 4.79 Å². The molecule has 1 amide bonds. The van der Waals surface area contributed by atoms with Gasteiger partial charge in [-0.1, -0.05) is 23.8 Å². The maximum atomic E-state index is 12.0. The second-order valence-corrected chi connectivity index (χ2v) is 4.95. The number of nitrogens with zero attached hydrogens (tertiary/aromatic N) is 1. The van der Waals surface area contributed by atoms with E-state index in [1.54, 1.807) is 0 Å². The van der Waals surface area contributed by atoms with Gasteiger partial charge in [-0.15, -0.1) is 11.3 Å². The van der Waals surface area contributed by atoms with Gasteiger partial charge < -0.3 is 0 Å². The normalized spacial score (nSPS) is 10.1. The molecule has 1 N–H and O–H groups in total. The summed E-state index contributed by atoms with van der Waals surface area (Å²) in [6, 6.07) is 11.8. The average molecular weight is 260 g/mol. The van der Waals surface area contributed by atoms with Gasteiger partial charge in [0, 0.05) is 6.54 Å². The summed E-state index contributed by atoms with van der Waals surface area (Å²) in [7, 11) is 0. The Labute approximate surface area is 111 Å². The molecule has 4 heteroatoms. The van der Waals surface area contributed by atoms with Gasteiger partial charge in [0.25, 0.3) is 5.91 Å². The van der Waals surface area contributed by atoms with Crippen LogP contribution in [0.2, 0.25) is 0 Å². The lowest BCUT2D eigenvalue weighted by Gasteiger charge is -2.23. The fourth-order valence-electron chi connectivity index (χ4n) is 1.64. The van der Waals surface area contributed by atoms with Crippen molar-refractivity contribution in [1.29, 1.82) is 0 Å². The highest BCUT2D eigenvalue weighted by molar-refractivity contribution is 7.12. The molecular weight excluding hydrogens is 244 g/mol. The van der Waals surface area contributed by atoms with E-state index in [2.05, 4.69) is 5.43 Å². The van der Waals surface area contributed by atoms with Gasteiger partial charge in [0.15, 0.2) is 0 Å². The number of thiophene rings is 1. The molecule has 0 aliphatic heterocycles. The van der Waals surface area contributed by atoms with Gasteiger partial charge in [0.05, 0.1) is 10.6 Å². The summed E-state index contributed by atoms with van der Waals surface area (Å²) in [5.74, 6) is -0.0626. The van der Waals surface area contributed by atoms with Crippen molar-refractivity contribution in [2.45, 2.75) is 13.8 Å². The lowest BCUT2D eigenvalue weighted by Crippen LogP contribution is -2.42. The molecule has 0 atom stereocenters. The van der Waals surface area contributed by atoms with Crippen LogP contribution in [0.5, 0.6) is 0 Å². The minimum absolute atomic E-state index is 0.0626. The molecule has 0 radical (unpaired) electrons. The molecule has 3 nitrogen and oxygen atoms in total. The van der Waals surface area contributed by atoms with Crippen molar-refractivity contribution in [1.82, 2.24) is 5.43 Å². The third-order valence-electron chi connectivity index (χ3n) is 2.64. The first-order valence-corrected chi connectivity index (χ1v) is 6.77. The topological polar surface area (TPSA) is 32.3 Å². The quantitative estimate of drug-likeness (QED) is 0.856. The first-order valence-electron chi connectivity index (χ1n) is 5.89. The molecule has 0 bridgehead atoms. The van der Waals surface area contributed by atoms with E-state index in [0.29, 0.717) is 0 Å². The lowest BCUT2D eigenvalue weighted by atomic mass is 10.2. The van der Waals surface area contributed by atoms with Crippen LogP contribution < -0.4 is 10.4 Å². The molecule has 0 aliphatic carbocycles. The Bertz CT molecular complexity index is 505. The van der Waals surface area contributed by atoms with Gasteiger partial charge >= 0.3 is 0 Å². The number of anilines is 1. The van der Waals surface area contributed by atoms with Crippen molar-refractivity contribution in [3.05, 3.63) is 52.2 Å². The van der Waals surface area contributed by atoms with Gasteiger partial charge in [-0.05, 0) is 37.4 Å². The number of nitrogens with one attached hydrogen (secondary N) is 1. The Morgan fingerprint density at radius 1 is 1.28 bits per heavy atom. The van der Waals surface area contributed by atoms with E-state index < -0.39 is 0 Å². The van der Waals surface area contributed by atoms with Crippen LogP contribution in [0, 0.1) is 6.92 Å². The summed E-state index contributed by atoms with van der Waals surface area (Å²) in [4.78, 5) is 12.7. The van der Waals surface area contributed by atoms with Crippen molar-refractivity contribution >= 4 is 22.9 Å². The number of hydrogen-bond acceptors (Lipinski definition) is 3. The van der Waals surface area contributed by atoms with Crippen LogP contribution in [0.1, 0.15) is 22.2 Å². The fourth-order valence-corrected chi connectivity index (χ4v) is 2.25. The number of rotatable bonds is 4. The summed E-state index contributed by atoms with van der Waals surface area (Å²) < 4.78 is 0. The number of amides is 1. The number of hydrazine groups is 1. The Morgan fingerprint density at radius 2 is 2.00 bits per heavy atom. The van der Waals surface area contributed by atoms with Crippen molar-refractivity contribution in [2.24, 2.45) is 0 Å². The summed E-state index contributed by atoms with van der Waals surface area (Å²) in [5, 5.41) is 3.75. The SMILES string of the molecule is CCN(NC(=O)c1cccs1)c1ccc(C)cc1. The van der Waals surface area contributed by atoms with Crippen LogP contribution in [0.3, 0.4) is 0 Å². The molecule has 0 spiro atoms. The van der Waals surface area contributed by atoms with Gasteiger partial charge in [0.1, 0.15) is 0 Å². The van der Waals surface area contributed by atoms with Gasteiger partial charge in [-0.25, -0.2) is 0 Å². The molecule has 1 aromatic heterocycles. The van der Waals surface area contributed by atoms with E-state index in [0.717, 1.165) is 17.1 Å². The second-order valence-electron chi connectivity index (χ2n) is 4.00. The molecule has 0 unspecified atom stereocenters.